The molecule has 0 aliphatic carbocycles. The van der Waals surface area contributed by atoms with Crippen molar-refractivity contribution in [3.63, 3.8) is 0 Å². The third-order valence-corrected chi connectivity index (χ3v) is 5.48. The number of carbonyl (C=O) groups is 1. The summed E-state index contributed by atoms with van der Waals surface area (Å²) in [5.74, 6) is -0.187. The van der Waals surface area contributed by atoms with Gasteiger partial charge in [-0.25, -0.2) is 4.99 Å². The van der Waals surface area contributed by atoms with Crippen LogP contribution >= 0.6 is 57.9 Å². The van der Waals surface area contributed by atoms with Crippen molar-refractivity contribution in [1.82, 2.24) is 5.32 Å². The van der Waals surface area contributed by atoms with E-state index in [-0.39, 0.29) is 5.91 Å². The minimum Gasteiger partial charge on any atom is -0.300 e. The molecular weight excluding hydrogens is 383 g/mol. The third kappa shape index (κ3) is 3.67. The lowest BCUT2D eigenvalue weighted by Gasteiger charge is -1.98. The zero-order chi connectivity index (χ0) is 15.7. The van der Waals surface area contributed by atoms with E-state index in [1.165, 1.54) is 23.1 Å². The van der Waals surface area contributed by atoms with Gasteiger partial charge in [-0.2, -0.15) is 0 Å². The largest absolute Gasteiger partial charge is 0.300 e. The Morgan fingerprint density at radius 3 is 2.59 bits per heavy atom. The molecule has 0 spiro atoms. The summed E-state index contributed by atoms with van der Waals surface area (Å²) in [5.41, 5.74) is 0.623. The van der Waals surface area contributed by atoms with Crippen LogP contribution in [0.3, 0.4) is 0 Å². The van der Waals surface area contributed by atoms with Crippen molar-refractivity contribution in [2.75, 3.05) is 0 Å². The molecule has 1 aromatic heterocycles. The molecule has 22 heavy (non-hydrogen) atoms. The fourth-order valence-electron chi connectivity index (χ4n) is 1.69. The number of amidine groups is 1. The van der Waals surface area contributed by atoms with Gasteiger partial charge in [-0.3, -0.25) is 4.79 Å². The predicted octanol–water partition coefficient (Wildman–Crippen LogP) is 5.60. The molecule has 1 aliphatic heterocycles. The molecular formula is C14H7Cl3N2OS2. The number of nitrogens with one attached hydrogen (secondary N) is 1. The first-order valence-electron chi connectivity index (χ1n) is 6.01. The maximum absolute atomic E-state index is 12.0. The number of benzene rings is 1. The molecule has 3 rings (SSSR count). The quantitative estimate of drug-likeness (QED) is 0.679. The molecule has 0 saturated carbocycles. The van der Waals surface area contributed by atoms with Crippen molar-refractivity contribution in [1.29, 1.82) is 0 Å². The molecule has 0 atom stereocenters. The minimum absolute atomic E-state index is 0.187. The first-order valence-corrected chi connectivity index (χ1v) is 8.78. The molecule has 1 aromatic carbocycles. The molecule has 0 bridgehead atoms. The van der Waals surface area contributed by atoms with E-state index in [0.717, 1.165) is 4.88 Å². The zero-order valence-electron chi connectivity index (χ0n) is 10.8. The van der Waals surface area contributed by atoms with Crippen LogP contribution in [0.5, 0.6) is 0 Å². The maximum Gasteiger partial charge on any atom is 0.264 e. The summed E-state index contributed by atoms with van der Waals surface area (Å²) in [6, 6.07) is 8.69. The number of rotatable bonds is 2. The van der Waals surface area contributed by atoms with E-state index in [0.29, 0.717) is 30.1 Å². The van der Waals surface area contributed by atoms with Crippen LogP contribution < -0.4 is 5.32 Å². The van der Waals surface area contributed by atoms with Gasteiger partial charge in [0, 0.05) is 4.88 Å². The number of aliphatic imine (C=N–C) groups is 1. The van der Waals surface area contributed by atoms with E-state index >= 15 is 0 Å². The molecule has 1 amide bonds. The summed E-state index contributed by atoms with van der Waals surface area (Å²) in [6.45, 7) is 0. The summed E-state index contributed by atoms with van der Waals surface area (Å²) in [6.07, 6.45) is 1.79. The van der Waals surface area contributed by atoms with Crippen molar-refractivity contribution in [2.24, 2.45) is 4.99 Å². The van der Waals surface area contributed by atoms with E-state index in [9.17, 15) is 4.79 Å². The van der Waals surface area contributed by atoms with Gasteiger partial charge in [0.2, 0.25) is 0 Å². The first-order chi connectivity index (χ1) is 10.5. The van der Waals surface area contributed by atoms with E-state index in [1.54, 1.807) is 30.3 Å². The fraction of sp³-hybridized carbons (Fsp3) is 0. The Bertz CT molecular complexity index is 814. The van der Waals surface area contributed by atoms with Crippen LogP contribution in [-0.2, 0) is 4.79 Å². The van der Waals surface area contributed by atoms with Crippen molar-refractivity contribution in [3.05, 3.63) is 54.5 Å². The van der Waals surface area contributed by atoms with E-state index < -0.39 is 0 Å². The summed E-state index contributed by atoms with van der Waals surface area (Å²) in [5, 5.41) is 4.09. The van der Waals surface area contributed by atoms with E-state index in [1.807, 2.05) is 6.07 Å². The summed E-state index contributed by atoms with van der Waals surface area (Å²) < 4.78 is 0.681. The lowest BCUT2D eigenvalue weighted by Crippen LogP contribution is -2.19. The molecule has 112 valence electrons. The van der Waals surface area contributed by atoms with Crippen LogP contribution in [-0.4, -0.2) is 11.1 Å². The van der Waals surface area contributed by atoms with Crippen LogP contribution in [0, 0.1) is 0 Å². The van der Waals surface area contributed by atoms with Crippen LogP contribution in [0.4, 0.5) is 5.69 Å². The van der Waals surface area contributed by atoms with Gasteiger partial charge in [0.15, 0.2) is 5.17 Å². The first kappa shape index (κ1) is 15.9. The predicted molar refractivity (Wildman–Crippen MR) is 96.6 cm³/mol. The minimum atomic E-state index is -0.187. The van der Waals surface area contributed by atoms with Gasteiger partial charge < -0.3 is 5.32 Å². The number of thioether (sulfide) groups is 1. The number of halogens is 3. The Labute approximate surface area is 150 Å². The van der Waals surface area contributed by atoms with Crippen LogP contribution in [0.1, 0.15) is 4.88 Å². The van der Waals surface area contributed by atoms with Crippen LogP contribution in [0.25, 0.3) is 6.08 Å². The second kappa shape index (κ2) is 6.64. The van der Waals surface area contributed by atoms with Crippen LogP contribution in [0.2, 0.25) is 14.4 Å². The van der Waals surface area contributed by atoms with Gasteiger partial charge in [0.05, 0.1) is 25.0 Å². The van der Waals surface area contributed by atoms with Gasteiger partial charge in [-0.1, -0.05) is 34.8 Å². The lowest BCUT2D eigenvalue weighted by atomic mass is 10.3. The van der Waals surface area contributed by atoms with Gasteiger partial charge in [0.1, 0.15) is 0 Å². The second-order valence-electron chi connectivity index (χ2n) is 4.22. The zero-order valence-corrected chi connectivity index (χ0v) is 14.7. The van der Waals surface area contributed by atoms with Crippen molar-refractivity contribution >= 4 is 80.7 Å². The highest BCUT2D eigenvalue weighted by atomic mass is 35.5. The molecule has 0 radical (unpaired) electrons. The highest BCUT2D eigenvalue weighted by molar-refractivity contribution is 8.18. The van der Waals surface area contributed by atoms with Gasteiger partial charge in [-0.05, 0) is 48.2 Å². The smallest absolute Gasteiger partial charge is 0.264 e. The number of amides is 1. The SMILES string of the molecule is O=C1NC(=Nc2ccc(Cl)c(Cl)c2)S/C1=C\c1ccc(Cl)s1. The van der Waals surface area contributed by atoms with Crippen LogP contribution in [0.15, 0.2) is 40.2 Å². The molecule has 1 saturated heterocycles. The molecule has 3 nitrogen and oxygen atoms in total. The highest BCUT2D eigenvalue weighted by Crippen LogP contribution is 2.32. The highest BCUT2D eigenvalue weighted by Gasteiger charge is 2.24. The summed E-state index contributed by atoms with van der Waals surface area (Å²) in [7, 11) is 0. The standard InChI is InChI=1S/C14H7Cl3N2OS2/c15-9-3-1-7(5-10(9)16)18-14-19-13(20)11(22-14)6-8-2-4-12(17)21-8/h1-6H,(H,18,19,20)/b11-6-. The molecule has 0 unspecified atom stereocenters. The van der Waals surface area contributed by atoms with E-state index in [4.69, 9.17) is 34.8 Å². The third-order valence-electron chi connectivity index (χ3n) is 2.65. The average Bonchev–Trinajstić information content (AvgIpc) is 3.01. The monoisotopic (exact) mass is 388 g/mol. The molecule has 1 N–H and O–H groups in total. The number of hydrogen-bond acceptors (Lipinski definition) is 4. The van der Waals surface area contributed by atoms with Gasteiger partial charge in [-0.15, -0.1) is 11.3 Å². The average molecular weight is 390 g/mol. The lowest BCUT2D eigenvalue weighted by molar-refractivity contribution is -0.115. The summed E-state index contributed by atoms with van der Waals surface area (Å²) in [4.78, 5) is 17.8. The topological polar surface area (TPSA) is 41.5 Å². The normalized spacial score (nSPS) is 18.2. The Hall–Kier alpha value is -0.980. The maximum atomic E-state index is 12.0. The van der Waals surface area contributed by atoms with Gasteiger partial charge in [0.25, 0.3) is 5.91 Å². The Morgan fingerprint density at radius 1 is 1.09 bits per heavy atom. The van der Waals surface area contributed by atoms with Gasteiger partial charge >= 0.3 is 0 Å². The number of hydrogen-bond donors (Lipinski definition) is 1. The molecule has 1 fully saturated rings. The van der Waals surface area contributed by atoms with Crippen molar-refractivity contribution in [2.45, 2.75) is 0 Å². The Balaban J connectivity index is 1.83. The fourth-order valence-corrected chi connectivity index (χ4v) is 3.89. The van der Waals surface area contributed by atoms with E-state index in [2.05, 4.69) is 10.3 Å². The Morgan fingerprint density at radius 2 is 1.91 bits per heavy atom. The second-order valence-corrected chi connectivity index (χ2v) is 7.81. The molecule has 1 aliphatic rings. The molecule has 8 heteroatoms. The molecule has 2 heterocycles. The number of nitrogens with zero attached hydrogens (tertiary/aromatic N) is 1. The number of thiophene rings is 1. The molecule has 2 aromatic rings. The Kier molecular flexibility index (Phi) is 4.80. The number of carbonyl (C=O) groups excluding carboxylic acids is 1. The van der Waals surface area contributed by atoms with Crippen molar-refractivity contribution in [3.8, 4) is 0 Å². The summed E-state index contributed by atoms with van der Waals surface area (Å²) >= 11 is 20.4. The van der Waals surface area contributed by atoms with Crippen molar-refractivity contribution < 1.29 is 4.79 Å².